The van der Waals surface area contributed by atoms with Crippen molar-refractivity contribution >= 4 is 5.97 Å². The molecular formula is C10H16O2. The van der Waals surface area contributed by atoms with Gasteiger partial charge in [0, 0.05) is 5.41 Å². The van der Waals surface area contributed by atoms with Crippen molar-refractivity contribution in [2.24, 2.45) is 17.3 Å². The van der Waals surface area contributed by atoms with Crippen LogP contribution in [0, 0.1) is 17.3 Å². The summed E-state index contributed by atoms with van der Waals surface area (Å²) in [5, 5.41) is 0. The lowest BCUT2D eigenvalue weighted by atomic mass is 9.58. The van der Waals surface area contributed by atoms with Gasteiger partial charge < -0.3 is 4.74 Å². The molecule has 0 N–H and O–H groups in total. The lowest BCUT2D eigenvalue weighted by Crippen LogP contribution is -2.49. The van der Waals surface area contributed by atoms with Gasteiger partial charge in [-0.3, -0.25) is 4.79 Å². The first-order valence-electron chi connectivity index (χ1n) is 4.72. The first kappa shape index (κ1) is 8.09. The topological polar surface area (TPSA) is 26.3 Å². The van der Waals surface area contributed by atoms with Crippen LogP contribution in [0.3, 0.4) is 0 Å². The zero-order chi connectivity index (χ0) is 8.93. The van der Waals surface area contributed by atoms with Crippen LogP contribution in [0.15, 0.2) is 0 Å². The maximum absolute atomic E-state index is 11.3. The number of fused-ring (bicyclic) bond motifs is 3. The monoisotopic (exact) mass is 168 g/mol. The van der Waals surface area contributed by atoms with E-state index in [0.29, 0.717) is 5.92 Å². The molecule has 1 aliphatic carbocycles. The van der Waals surface area contributed by atoms with Crippen LogP contribution in [0.1, 0.15) is 33.6 Å². The second-order valence-electron chi connectivity index (χ2n) is 4.82. The molecule has 2 bridgehead atoms. The van der Waals surface area contributed by atoms with Crippen LogP contribution < -0.4 is 0 Å². The summed E-state index contributed by atoms with van der Waals surface area (Å²) in [6.45, 7) is 6.38. The molecule has 0 amide bonds. The summed E-state index contributed by atoms with van der Waals surface area (Å²) >= 11 is 0. The van der Waals surface area contributed by atoms with E-state index < -0.39 is 0 Å². The van der Waals surface area contributed by atoms with E-state index in [1.807, 2.05) is 6.92 Å². The molecule has 2 saturated heterocycles. The van der Waals surface area contributed by atoms with Crippen molar-refractivity contribution in [2.75, 3.05) is 0 Å². The van der Waals surface area contributed by atoms with E-state index in [1.54, 1.807) is 0 Å². The summed E-state index contributed by atoms with van der Waals surface area (Å²) in [6, 6.07) is 0. The van der Waals surface area contributed by atoms with Gasteiger partial charge in [0.25, 0.3) is 0 Å². The Morgan fingerprint density at radius 2 is 2.08 bits per heavy atom. The van der Waals surface area contributed by atoms with Crippen molar-refractivity contribution in [3.8, 4) is 0 Å². The Balaban J connectivity index is 2.20. The number of carbonyl (C=O) groups is 1. The zero-order valence-electron chi connectivity index (χ0n) is 7.96. The summed E-state index contributed by atoms with van der Waals surface area (Å²) in [5.74, 6) is 0.818. The number of rotatable bonds is 0. The second kappa shape index (κ2) is 2.24. The van der Waals surface area contributed by atoms with Crippen molar-refractivity contribution in [2.45, 2.75) is 39.7 Å². The SMILES string of the molecule is C[C@H]1C[C@H]2C[C@@H](OC1=O)C2(C)C. The highest BCUT2D eigenvalue weighted by atomic mass is 16.5. The minimum absolute atomic E-state index is 0.00748. The number of hydrogen-bond donors (Lipinski definition) is 0. The lowest BCUT2D eigenvalue weighted by molar-refractivity contribution is -0.167. The third-order valence-corrected chi connectivity index (χ3v) is 3.68. The number of carbonyl (C=O) groups excluding carboxylic acids is 1. The van der Waals surface area contributed by atoms with E-state index in [4.69, 9.17) is 4.74 Å². The van der Waals surface area contributed by atoms with E-state index in [0.717, 1.165) is 12.8 Å². The van der Waals surface area contributed by atoms with E-state index in [1.165, 1.54) is 0 Å². The average Bonchev–Trinajstić information content (AvgIpc) is 2.18. The van der Waals surface area contributed by atoms with Crippen molar-refractivity contribution in [1.82, 2.24) is 0 Å². The second-order valence-corrected chi connectivity index (χ2v) is 4.82. The average molecular weight is 168 g/mol. The summed E-state index contributed by atoms with van der Waals surface area (Å²) in [7, 11) is 0. The molecular weight excluding hydrogens is 152 g/mol. The Kier molecular flexibility index (Phi) is 1.51. The molecule has 0 spiro atoms. The van der Waals surface area contributed by atoms with E-state index in [9.17, 15) is 4.79 Å². The summed E-state index contributed by atoms with van der Waals surface area (Å²) in [5.41, 5.74) is 0.237. The van der Waals surface area contributed by atoms with Gasteiger partial charge >= 0.3 is 5.97 Å². The molecule has 2 heterocycles. The van der Waals surface area contributed by atoms with Gasteiger partial charge in [0.15, 0.2) is 0 Å². The van der Waals surface area contributed by atoms with Gasteiger partial charge in [-0.05, 0) is 18.8 Å². The fourth-order valence-corrected chi connectivity index (χ4v) is 2.35. The van der Waals surface area contributed by atoms with Crippen LogP contribution in [-0.2, 0) is 9.53 Å². The van der Waals surface area contributed by atoms with Gasteiger partial charge in [-0.1, -0.05) is 20.8 Å². The highest BCUT2D eigenvalue weighted by Crippen LogP contribution is 2.53. The Hall–Kier alpha value is -0.530. The van der Waals surface area contributed by atoms with Crippen molar-refractivity contribution in [1.29, 1.82) is 0 Å². The predicted octanol–water partition coefficient (Wildman–Crippen LogP) is 1.98. The Labute approximate surface area is 73.3 Å². The maximum Gasteiger partial charge on any atom is 0.308 e. The molecule has 68 valence electrons. The van der Waals surface area contributed by atoms with Crippen LogP contribution in [0.4, 0.5) is 0 Å². The molecule has 0 radical (unpaired) electrons. The van der Waals surface area contributed by atoms with Gasteiger partial charge in [0.2, 0.25) is 0 Å². The van der Waals surface area contributed by atoms with Gasteiger partial charge in [-0.15, -0.1) is 0 Å². The minimum Gasteiger partial charge on any atom is -0.462 e. The minimum atomic E-state index is 0.00748. The highest BCUT2D eigenvalue weighted by molar-refractivity contribution is 5.73. The molecule has 0 unspecified atom stereocenters. The van der Waals surface area contributed by atoms with E-state index in [2.05, 4.69) is 13.8 Å². The normalized spacial score (nSPS) is 44.2. The Bertz CT molecular complexity index is 220. The van der Waals surface area contributed by atoms with E-state index in [-0.39, 0.29) is 23.4 Å². The van der Waals surface area contributed by atoms with Crippen LogP contribution in [0.5, 0.6) is 0 Å². The Morgan fingerprint density at radius 3 is 2.67 bits per heavy atom. The molecule has 1 saturated carbocycles. The quantitative estimate of drug-likeness (QED) is 0.517. The maximum atomic E-state index is 11.3. The van der Waals surface area contributed by atoms with E-state index >= 15 is 0 Å². The molecule has 0 aromatic heterocycles. The molecule has 0 aromatic rings. The summed E-state index contributed by atoms with van der Waals surface area (Å²) < 4.78 is 5.37. The molecule has 12 heavy (non-hydrogen) atoms. The van der Waals surface area contributed by atoms with Crippen molar-refractivity contribution in [3.63, 3.8) is 0 Å². The molecule has 0 aromatic carbocycles. The zero-order valence-corrected chi connectivity index (χ0v) is 7.96. The standard InChI is InChI=1S/C10H16O2/c1-6-4-7-5-8(10(7,2)3)12-9(6)11/h6-8H,4-5H2,1-3H3/t6-,7-,8+/m0/s1. The van der Waals surface area contributed by atoms with Gasteiger partial charge in [-0.25, -0.2) is 0 Å². The Morgan fingerprint density at radius 1 is 1.42 bits per heavy atom. The van der Waals surface area contributed by atoms with Crippen LogP contribution in [0.2, 0.25) is 0 Å². The summed E-state index contributed by atoms with van der Waals surface area (Å²) in [4.78, 5) is 11.3. The predicted molar refractivity (Wildman–Crippen MR) is 45.5 cm³/mol. The molecule has 2 heteroatoms. The van der Waals surface area contributed by atoms with Crippen LogP contribution in [0.25, 0.3) is 0 Å². The molecule has 3 atom stereocenters. The van der Waals surface area contributed by atoms with Gasteiger partial charge in [0.05, 0.1) is 5.92 Å². The third kappa shape index (κ3) is 0.900. The summed E-state index contributed by atoms with van der Waals surface area (Å²) in [6.07, 6.45) is 2.30. The molecule has 2 nitrogen and oxygen atoms in total. The van der Waals surface area contributed by atoms with Crippen molar-refractivity contribution in [3.05, 3.63) is 0 Å². The van der Waals surface area contributed by atoms with Gasteiger partial charge in [0.1, 0.15) is 6.10 Å². The van der Waals surface area contributed by atoms with Crippen LogP contribution in [-0.4, -0.2) is 12.1 Å². The molecule has 3 fully saturated rings. The number of esters is 1. The molecule has 3 rings (SSSR count). The number of hydrogen-bond acceptors (Lipinski definition) is 2. The third-order valence-electron chi connectivity index (χ3n) is 3.68. The first-order chi connectivity index (χ1) is 5.51. The number of ether oxygens (including phenoxy) is 1. The fourth-order valence-electron chi connectivity index (χ4n) is 2.35. The first-order valence-corrected chi connectivity index (χ1v) is 4.72. The lowest BCUT2D eigenvalue weighted by Gasteiger charge is -2.49. The molecule has 2 aliphatic heterocycles. The van der Waals surface area contributed by atoms with Crippen molar-refractivity contribution < 1.29 is 9.53 Å². The largest absolute Gasteiger partial charge is 0.462 e. The van der Waals surface area contributed by atoms with Crippen LogP contribution >= 0.6 is 0 Å². The smallest absolute Gasteiger partial charge is 0.308 e. The molecule has 3 aliphatic rings. The highest BCUT2D eigenvalue weighted by Gasteiger charge is 2.53. The fraction of sp³-hybridized carbons (Fsp3) is 0.900. The van der Waals surface area contributed by atoms with Gasteiger partial charge in [-0.2, -0.15) is 0 Å².